The maximum atomic E-state index is 13.1. The van der Waals surface area contributed by atoms with Crippen LogP contribution in [0, 0.1) is 0 Å². The molecular weight excluding hydrogens is 382 g/mol. The lowest BCUT2D eigenvalue weighted by molar-refractivity contribution is 0.0987. The number of thiazole rings is 1. The van der Waals surface area contributed by atoms with Crippen LogP contribution in [0.3, 0.4) is 0 Å². The molecule has 1 aliphatic rings. The minimum Gasteiger partial charge on any atom is -0.454 e. The van der Waals surface area contributed by atoms with Gasteiger partial charge in [-0.25, -0.2) is 4.98 Å². The van der Waals surface area contributed by atoms with Crippen molar-refractivity contribution in [3.05, 3.63) is 34.5 Å². The van der Waals surface area contributed by atoms with E-state index in [1.54, 1.807) is 4.90 Å². The number of carbonyl (C=O) groups is 1. The second-order valence-electron chi connectivity index (χ2n) is 6.13. The standard InChI is InChI=1S/C19H21N3O3S2/c1-3-21(4-2)7-8-22(18(23)16-6-5-9-26-16)19-20-13-10-14-15(25-12-24-14)11-17(13)27-19/h5-6,9-11H,3-4,7-8,12H2,1-2H3. The minimum atomic E-state index is -0.00347. The van der Waals surface area contributed by atoms with E-state index in [4.69, 9.17) is 14.5 Å². The number of ether oxygens (including phenoxy) is 2. The van der Waals surface area contributed by atoms with Gasteiger partial charge in [-0.2, -0.15) is 0 Å². The molecule has 0 spiro atoms. The van der Waals surface area contributed by atoms with Crippen molar-refractivity contribution in [2.24, 2.45) is 0 Å². The van der Waals surface area contributed by atoms with Gasteiger partial charge >= 0.3 is 0 Å². The highest BCUT2D eigenvalue weighted by atomic mass is 32.1. The van der Waals surface area contributed by atoms with E-state index in [1.165, 1.54) is 22.7 Å². The maximum Gasteiger partial charge on any atom is 0.270 e. The number of benzene rings is 1. The predicted molar refractivity (Wildman–Crippen MR) is 110 cm³/mol. The van der Waals surface area contributed by atoms with Crippen LogP contribution in [0.1, 0.15) is 23.5 Å². The molecule has 2 aromatic heterocycles. The van der Waals surface area contributed by atoms with E-state index >= 15 is 0 Å². The number of nitrogens with zero attached hydrogens (tertiary/aromatic N) is 3. The lowest BCUT2D eigenvalue weighted by atomic mass is 10.3. The largest absolute Gasteiger partial charge is 0.454 e. The van der Waals surface area contributed by atoms with Crippen molar-refractivity contribution >= 4 is 43.9 Å². The number of thiophene rings is 1. The minimum absolute atomic E-state index is 0.00347. The summed E-state index contributed by atoms with van der Waals surface area (Å²) >= 11 is 2.96. The van der Waals surface area contributed by atoms with Crippen LogP contribution < -0.4 is 14.4 Å². The molecule has 1 aromatic carbocycles. The van der Waals surface area contributed by atoms with Gasteiger partial charge in [0.15, 0.2) is 16.6 Å². The Balaban J connectivity index is 1.66. The Hall–Kier alpha value is -2.16. The number of carbonyl (C=O) groups excluding carboxylic acids is 1. The molecule has 27 heavy (non-hydrogen) atoms. The average molecular weight is 404 g/mol. The molecule has 0 saturated heterocycles. The van der Waals surface area contributed by atoms with Crippen molar-refractivity contribution < 1.29 is 14.3 Å². The topological polar surface area (TPSA) is 54.9 Å². The molecule has 0 radical (unpaired) electrons. The molecule has 0 atom stereocenters. The summed E-state index contributed by atoms with van der Waals surface area (Å²) in [5.74, 6) is 1.44. The number of fused-ring (bicyclic) bond motifs is 2. The fourth-order valence-corrected chi connectivity index (χ4v) is 4.69. The average Bonchev–Trinajstić information content (AvgIpc) is 3.42. The molecule has 0 unspecified atom stereocenters. The molecule has 0 N–H and O–H groups in total. The van der Waals surface area contributed by atoms with Crippen LogP contribution in [0.2, 0.25) is 0 Å². The Bertz CT molecular complexity index is 894. The molecular formula is C19H21N3O3S2. The van der Waals surface area contributed by atoms with Gasteiger partial charge in [0.25, 0.3) is 5.91 Å². The van der Waals surface area contributed by atoms with Gasteiger partial charge in [-0.05, 0) is 24.5 Å². The number of hydrogen-bond acceptors (Lipinski definition) is 7. The molecule has 8 heteroatoms. The number of aromatic nitrogens is 1. The lowest BCUT2D eigenvalue weighted by Crippen LogP contribution is -2.38. The van der Waals surface area contributed by atoms with Crippen molar-refractivity contribution in [1.82, 2.24) is 9.88 Å². The molecule has 3 aromatic rings. The predicted octanol–water partition coefficient (Wildman–Crippen LogP) is 4.08. The summed E-state index contributed by atoms with van der Waals surface area (Å²) in [7, 11) is 0. The van der Waals surface area contributed by atoms with E-state index in [9.17, 15) is 4.79 Å². The molecule has 0 fully saturated rings. The normalized spacial score (nSPS) is 12.9. The molecule has 3 heterocycles. The Labute approximate surface area is 165 Å². The molecule has 0 saturated carbocycles. The number of likely N-dealkylation sites (N-methyl/N-ethyl adjacent to an activating group) is 1. The quantitative estimate of drug-likeness (QED) is 0.595. The summed E-state index contributed by atoms with van der Waals surface area (Å²) in [6.45, 7) is 7.83. The third-order valence-corrected chi connectivity index (χ3v) is 6.51. The van der Waals surface area contributed by atoms with Crippen molar-refractivity contribution in [2.75, 3.05) is 37.9 Å². The Morgan fingerprint density at radius 2 is 1.96 bits per heavy atom. The zero-order chi connectivity index (χ0) is 18.8. The van der Waals surface area contributed by atoms with Crippen molar-refractivity contribution in [1.29, 1.82) is 0 Å². The van der Waals surface area contributed by atoms with E-state index in [0.717, 1.165) is 40.5 Å². The van der Waals surface area contributed by atoms with Crippen LogP contribution in [-0.4, -0.2) is 48.8 Å². The van der Waals surface area contributed by atoms with Gasteiger partial charge in [-0.3, -0.25) is 9.69 Å². The third kappa shape index (κ3) is 3.65. The Morgan fingerprint density at radius 1 is 1.19 bits per heavy atom. The highest BCUT2D eigenvalue weighted by Crippen LogP contribution is 2.40. The van der Waals surface area contributed by atoms with Crippen molar-refractivity contribution in [3.8, 4) is 11.5 Å². The van der Waals surface area contributed by atoms with Crippen LogP contribution in [0.25, 0.3) is 10.2 Å². The number of hydrogen-bond donors (Lipinski definition) is 0. The fraction of sp³-hybridized carbons (Fsp3) is 0.368. The highest BCUT2D eigenvalue weighted by molar-refractivity contribution is 7.22. The van der Waals surface area contributed by atoms with Gasteiger partial charge < -0.3 is 14.4 Å². The van der Waals surface area contributed by atoms with Crippen LogP contribution in [0.5, 0.6) is 11.5 Å². The second kappa shape index (κ2) is 7.84. The molecule has 1 aliphatic heterocycles. The van der Waals surface area contributed by atoms with Gasteiger partial charge in [0.2, 0.25) is 6.79 Å². The van der Waals surface area contributed by atoms with Gasteiger partial charge in [0.05, 0.1) is 15.1 Å². The van der Waals surface area contributed by atoms with Gasteiger partial charge in [-0.15, -0.1) is 11.3 Å². The molecule has 1 amide bonds. The van der Waals surface area contributed by atoms with Crippen LogP contribution in [0.15, 0.2) is 29.6 Å². The van der Waals surface area contributed by atoms with Crippen LogP contribution >= 0.6 is 22.7 Å². The monoisotopic (exact) mass is 403 g/mol. The highest BCUT2D eigenvalue weighted by Gasteiger charge is 2.24. The summed E-state index contributed by atoms with van der Waals surface area (Å²) in [4.78, 5) is 22.7. The molecule has 142 valence electrons. The zero-order valence-electron chi connectivity index (χ0n) is 15.3. The summed E-state index contributed by atoms with van der Waals surface area (Å²) in [5.41, 5.74) is 0.825. The first kappa shape index (κ1) is 18.2. The molecule has 6 nitrogen and oxygen atoms in total. The first-order valence-corrected chi connectivity index (χ1v) is 10.7. The summed E-state index contributed by atoms with van der Waals surface area (Å²) < 4.78 is 11.9. The van der Waals surface area contributed by atoms with E-state index in [2.05, 4.69) is 18.7 Å². The first-order chi connectivity index (χ1) is 13.2. The Morgan fingerprint density at radius 3 is 2.67 bits per heavy atom. The van der Waals surface area contributed by atoms with E-state index in [1.807, 2.05) is 29.6 Å². The number of rotatable bonds is 7. The fourth-order valence-electron chi connectivity index (χ4n) is 3.02. The maximum absolute atomic E-state index is 13.1. The lowest BCUT2D eigenvalue weighted by Gasteiger charge is -2.24. The van der Waals surface area contributed by atoms with E-state index in [0.29, 0.717) is 17.4 Å². The van der Waals surface area contributed by atoms with Crippen LogP contribution in [-0.2, 0) is 0 Å². The summed E-state index contributed by atoms with van der Waals surface area (Å²) in [6.07, 6.45) is 0. The van der Waals surface area contributed by atoms with E-state index in [-0.39, 0.29) is 12.7 Å². The third-order valence-electron chi connectivity index (χ3n) is 4.61. The van der Waals surface area contributed by atoms with Crippen molar-refractivity contribution in [2.45, 2.75) is 13.8 Å². The number of amides is 1. The molecule has 4 rings (SSSR count). The summed E-state index contributed by atoms with van der Waals surface area (Å²) in [5, 5.41) is 2.63. The van der Waals surface area contributed by atoms with E-state index < -0.39 is 0 Å². The first-order valence-electron chi connectivity index (χ1n) is 8.97. The summed E-state index contributed by atoms with van der Waals surface area (Å²) in [6, 6.07) is 7.59. The SMILES string of the molecule is CCN(CC)CCN(C(=O)c1cccs1)c1nc2cc3c(cc2s1)OCO3. The van der Waals surface area contributed by atoms with Gasteiger partial charge in [0.1, 0.15) is 0 Å². The second-order valence-corrected chi connectivity index (χ2v) is 8.09. The molecule has 0 aliphatic carbocycles. The van der Waals surface area contributed by atoms with Crippen LogP contribution in [0.4, 0.5) is 5.13 Å². The van der Waals surface area contributed by atoms with Gasteiger partial charge in [0, 0.05) is 25.2 Å². The van der Waals surface area contributed by atoms with Gasteiger partial charge in [-0.1, -0.05) is 31.3 Å². The Kier molecular flexibility index (Phi) is 5.29. The number of anilines is 1. The molecule has 0 bridgehead atoms. The smallest absolute Gasteiger partial charge is 0.270 e. The van der Waals surface area contributed by atoms with Crippen molar-refractivity contribution in [3.63, 3.8) is 0 Å². The zero-order valence-corrected chi connectivity index (χ0v) is 16.9.